The fourth-order valence-corrected chi connectivity index (χ4v) is 2.24. The van der Waals surface area contributed by atoms with E-state index in [1.54, 1.807) is 7.05 Å². The lowest BCUT2D eigenvalue weighted by Crippen LogP contribution is -2.19. The summed E-state index contributed by atoms with van der Waals surface area (Å²) in [4.78, 5) is 0. The van der Waals surface area contributed by atoms with Gasteiger partial charge in [0.25, 0.3) is 0 Å². The first-order valence-electron chi connectivity index (χ1n) is 5.92. The van der Waals surface area contributed by atoms with Gasteiger partial charge in [0.2, 0.25) is 0 Å². The molecule has 0 amide bonds. The molecule has 1 nitrogen and oxygen atoms in total. The first kappa shape index (κ1) is 14.6. The standard InChI is InChI=1S/C13H18BrF2N/c1-3-4-5-6-11(17-2)12-10(15)8-7-9(14)13(12)16/h7-8,11,17H,3-6H2,1-2H3. The fourth-order valence-electron chi connectivity index (χ4n) is 1.89. The smallest absolute Gasteiger partial charge is 0.145 e. The van der Waals surface area contributed by atoms with Gasteiger partial charge in [0, 0.05) is 11.6 Å². The van der Waals surface area contributed by atoms with E-state index >= 15 is 0 Å². The quantitative estimate of drug-likeness (QED) is 0.600. The Labute approximate surface area is 110 Å². The second-order valence-corrected chi connectivity index (χ2v) is 4.95. The topological polar surface area (TPSA) is 12.0 Å². The van der Waals surface area contributed by atoms with Crippen LogP contribution < -0.4 is 5.32 Å². The third-order valence-corrected chi connectivity index (χ3v) is 3.49. The van der Waals surface area contributed by atoms with Crippen LogP contribution in [0, 0.1) is 11.6 Å². The third-order valence-electron chi connectivity index (χ3n) is 2.87. The Morgan fingerprint density at radius 2 is 2.00 bits per heavy atom. The molecule has 0 aliphatic carbocycles. The molecule has 96 valence electrons. The summed E-state index contributed by atoms with van der Waals surface area (Å²) in [5.41, 5.74) is 0.137. The molecule has 0 spiro atoms. The molecule has 4 heteroatoms. The summed E-state index contributed by atoms with van der Waals surface area (Å²) < 4.78 is 27.9. The maximum absolute atomic E-state index is 13.9. The average Bonchev–Trinajstić information content (AvgIpc) is 2.32. The van der Waals surface area contributed by atoms with Crippen LogP contribution in [0.4, 0.5) is 8.78 Å². The molecule has 0 fully saturated rings. The SMILES string of the molecule is CCCCCC(NC)c1c(F)ccc(Br)c1F. The minimum atomic E-state index is -0.499. The van der Waals surface area contributed by atoms with Gasteiger partial charge in [-0.15, -0.1) is 0 Å². The van der Waals surface area contributed by atoms with Gasteiger partial charge in [0.05, 0.1) is 4.47 Å². The molecule has 1 aromatic carbocycles. The number of unbranched alkanes of at least 4 members (excludes halogenated alkanes) is 2. The highest BCUT2D eigenvalue weighted by molar-refractivity contribution is 9.10. The molecule has 0 aliphatic heterocycles. The summed E-state index contributed by atoms with van der Waals surface area (Å²) in [6, 6.07) is 2.43. The number of nitrogens with one attached hydrogen (secondary N) is 1. The van der Waals surface area contributed by atoms with E-state index in [9.17, 15) is 8.78 Å². The highest BCUT2D eigenvalue weighted by Crippen LogP contribution is 2.29. The van der Waals surface area contributed by atoms with Crippen LogP contribution in [0.15, 0.2) is 16.6 Å². The van der Waals surface area contributed by atoms with Crippen molar-refractivity contribution in [3.05, 3.63) is 33.8 Å². The zero-order valence-electron chi connectivity index (χ0n) is 10.2. The van der Waals surface area contributed by atoms with Crippen molar-refractivity contribution < 1.29 is 8.78 Å². The van der Waals surface area contributed by atoms with E-state index in [0.29, 0.717) is 4.47 Å². The first-order chi connectivity index (χ1) is 8.11. The average molecular weight is 306 g/mol. The third kappa shape index (κ3) is 3.75. The molecule has 1 N–H and O–H groups in total. The molecular formula is C13H18BrF2N. The zero-order chi connectivity index (χ0) is 12.8. The van der Waals surface area contributed by atoms with Crippen LogP contribution in [-0.2, 0) is 0 Å². The minimum Gasteiger partial charge on any atom is -0.313 e. The molecule has 0 radical (unpaired) electrons. The zero-order valence-corrected chi connectivity index (χ0v) is 11.8. The van der Waals surface area contributed by atoms with Crippen LogP contribution in [0.1, 0.15) is 44.2 Å². The summed E-state index contributed by atoms with van der Waals surface area (Å²) in [6.45, 7) is 2.11. The minimum absolute atomic E-state index is 0.137. The van der Waals surface area contributed by atoms with E-state index in [0.717, 1.165) is 25.7 Å². The van der Waals surface area contributed by atoms with Crippen molar-refractivity contribution in [1.82, 2.24) is 5.32 Å². The van der Waals surface area contributed by atoms with E-state index in [1.807, 2.05) is 0 Å². The molecule has 17 heavy (non-hydrogen) atoms. The molecule has 1 unspecified atom stereocenters. The molecule has 0 bridgehead atoms. The Morgan fingerprint density at radius 1 is 1.29 bits per heavy atom. The molecular weight excluding hydrogens is 288 g/mol. The predicted molar refractivity (Wildman–Crippen MR) is 70.0 cm³/mol. The van der Waals surface area contributed by atoms with E-state index in [-0.39, 0.29) is 11.6 Å². The molecule has 0 saturated heterocycles. The van der Waals surface area contributed by atoms with Crippen molar-refractivity contribution in [2.75, 3.05) is 7.05 Å². The number of halogens is 3. The summed E-state index contributed by atoms with van der Waals surface area (Å²) in [6.07, 6.45) is 3.89. The lowest BCUT2D eigenvalue weighted by atomic mass is 9.99. The summed E-state index contributed by atoms with van der Waals surface area (Å²) in [7, 11) is 1.73. The van der Waals surface area contributed by atoms with Crippen molar-refractivity contribution >= 4 is 15.9 Å². The summed E-state index contributed by atoms with van der Waals surface area (Å²) in [5.74, 6) is -0.984. The molecule has 0 heterocycles. The number of rotatable bonds is 6. The Bertz CT molecular complexity index is 369. The van der Waals surface area contributed by atoms with Crippen LogP contribution in [0.2, 0.25) is 0 Å². The Balaban J connectivity index is 2.91. The molecule has 1 aromatic rings. The summed E-state index contributed by atoms with van der Waals surface area (Å²) >= 11 is 3.09. The van der Waals surface area contributed by atoms with E-state index in [4.69, 9.17) is 0 Å². The first-order valence-corrected chi connectivity index (χ1v) is 6.71. The lowest BCUT2D eigenvalue weighted by Gasteiger charge is -2.18. The number of hydrogen-bond donors (Lipinski definition) is 1. The van der Waals surface area contributed by atoms with Crippen molar-refractivity contribution in [2.24, 2.45) is 0 Å². The number of benzene rings is 1. The van der Waals surface area contributed by atoms with Crippen LogP contribution in [-0.4, -0.2) is 7.05 Å². The second kappa shape index (κ2) is 7.07. The monoisotopic (exact) mass is 305 g/mol. The molecule has 1 atom stereocenters. The highest BCUT2D eigenvalue weighted by atomic mass is 79.9. The molecule has 1 rings (SSSR count). The van der Waals surface area contributed by atoms with Crippen molar-refractivity contribution in [3.63, 3.8) is 0 Å². The predicted octanol–water partition coefficient (Wildman–Crippen LogP) is 4.57. The second-order valence-electron chi connectivity index (χ2n) is 4.09. The van der Waals surface area contributed by atoms with Gasteiger partial charge in [0.15, 0.2) is 0 Å². The lowest BCUT2D eigenvalue weighted by molar-refractivity contribution is 0.454. The van der Waals surface area contributed by atoms with Crippen molar-refractivity contribution in [2.45, 2.75) is 38.6 Å². The van der Waals surface area contributed by atoms with Gasteiger partial charge in [-0.05, 0) is 41.5 Å². The molecule has 0 aromatic heterocycles. The van der Waals surface area contributed by atoms with Gasteiger partial charge in [-0.25, -0.2) is 8.78 Å². The van der Waals surface area contributed by atoms with Gasteiger partial charge in [0.1, 0.15) is 11.6 Å². The van der Waals surface area contributed by atoms with Crippen LogP contribution >= 0.6 is 15.9 Å². The Morgan fingerprint density at radius 3 is 2.59 bits per heavy atom. The number of hydrogen-bond acceptors (Lipinski definition) is 1. The van der Waals surface area contributed by atoms with Crippen LogP contribution in [0.5, 0.6) is 0 Å². The highest BCUT2D eigenvalue weighted by Gasteiger charge is 2.20. The maximum Gasteiger partial charge on any atom is 0.145 e. The van der Waals surface area contributed by atoms with E-state index in [2.05, 4.69) is 28.2 Å². The Kier molecular flexibility index (Phi) is 6.06. The normalized spacial score (nSPS) is 12.8. The van der Waals surface area contributed by atoms with Gasteiger partial charge in [-0.3, -0.25) is 0 Å². The summed E-state index contributed by atoms with van der Waals surface area (Å²) in [5, 5.41) is 2.99. The van der Waals surface area contributed by atoms with E-state index < -0.39 is 11.6 Å². The van der Waals surface area contributed by atoms with Gasteiger partial charge < -0.3 is 5.32 Å². The maximum atomic E-state index is 13.9. The molecule has 0 aliphatic rings. The van der Waals surface area contributed by atoms with Crippen molar-refractivity contribution in [3.8, 4) is 0 Å². The largest absolute Gasteiger partial charge is 0.313 e. The van der Waals surface area contributed by atoms with Crippen molar-refractivity contribution in [1.29, 1.82) is 0 Å². The van der Waals surface area contributed by atoms with Crippen LogP contribution in [0.3, 0.4) is 0 Å². The van der Waals surface area contributed by atoms with Gasteiger partial charge in [-0.2, -0.15) is 0 Å². The van der Waals surface area contributed by atoms with E-state index in [1.165, 1.54) is 12.1 Å². The van der Waals surface area contributed by atoms with Crippen LogP contribution in [0.25, 0.3) is 0 Å². The van der Waals surface area contributed by atoms with Gasteiger partial charge in [-0.1, -0.05) is 26.2 Å². The Hall–Kier alpha value is -0.480. The molecule has 0 saturated carbocycles. The van der Waals surface area contributed by atoms with Gasteiger partial charge >= 0.3 is 0 Å². The fraction of sp³-hybridized carbons (Fsp3) is 0.538.